The lowest BCUT2D eigenvalue weighted by atomic mass is 9.96. The van der Waals surface area contributed by atoms with Crippen molar-refractivity contribution < 1.29 is 9.90 Å². The summed E-state index contributed by atoms with van der Waals surface area (Å²) in [5, 5.41) is 18.7. The number of guanidine groups is 1. The largest absolute Gasteiger partial charge is 0.508 e. The molecule has 0 spiro atoms. The van der Waals surface area contributed by atoms with Crippen LogP contribution in [0.1, 0.15) is 24.0 Å². The van der Waals surface area contributed by atoms with Gasteiger partial charge in [-0.3, -0.25) is 14.7 Å². The Kier molecular flexibility index (Phi) is 3.58. The Morgan fingerprint density at radius 3 is 2.91 bits per heavy atom. The highest BCUT2D eigenvalue weighted by Crippen LogP contribution is 2.30. The van der Waals surface area contributed by atoms with Crippen LogP contribution in [0, 0.1) is 11.3 Å². The van der Waals surface area contributed by atoms with Crippen molar-refractivity contribution in [1.82, 2.24) is 4.90 Å². The number of carbonyl (C=O) groups excluding carboxylic acids is 1. The topological polar surface area (TPSA) is 115 Å². The summed E-state index contributed by atoms with van der Waals surface area (Å²) in [6.07, 6.45) is 2.42. The van der Waals surface area contributed by atoms with Crippen molar-refractivity contribution in [3.8, 4) is 11.8 Å². The number of hydrogen-bond donors (Lipinski definition) is 2. The van der Waals surface area contributed by atoms with E-state index in [0.717, 1.165) is 16.8 Å². The predicted molar refractivity (Wildman–Crippen MR) is 85.6 cm³/mol. The fraction of sp³-hybridized carbons (Fsp3) is 0.250. The highest BCUT2D eigenvalue weighted by atomic mass is 16.3. The number of aliphatic imine (C=N–C) groups is 2. The van der Waals surface area contributed by atoms with Gasteiger partial charge >= 0.3 is 0 Å². The fourth-order valence-corrected chi connectivity index (χ4v) is 2.60. The molecular formula is C16H15N5O2. The third kappa shape index (κ3) is 2.79. The maximum atomic E-state index is 11.9. The summed E-state index contributed by atoms with van der Waals surface area (Å²) in [7, 11) is 1.59. The second-order valence-corrected chi connectivity index (χ2v) is 5.49. The van der Waals surface area contributed by atoms with Gasteiger partial charge in [-0.05, 0) is 29.3 Å². The number of rotatable bonds is 2. The average Bonchev–Trinajstić information content (AvgIpc) is 3.01. The summed E-state index contributed by atoms with van der Waals surface area (Å²) >= 11 is 0. The molecule has 0 radical (unpaired) electrons. The highest BCUT2D eigenvalue weighted by Gasteiger charge is 2.29. The summed E-state index contributed by atoms with van der Waals surface area (Å²) in [5.41, 5.74) is 8.48. The maximum Gasteiger partial charge on any atom is 0.231 e. The molecule has 0 fully saturated rings. The van der Waals surface area contributed by atoms with E-state index in [0.29, 0.717) is 12.0 Å². The number of amides is 1. The second-order valence-electron chi connectivity index (χ2n) is 5.49. The molecule has 0 saturated carbocycles. The lowest BCUT2D eigenvalue weighted by Crippen LogP contribution is -2.46. The van der Waals surface area contributed by atoms with E-state index < -0.39 is 0 Å². The quantitative estimate of drug-likeness (QED) is 0.847. The standard InChI is InChI=1S/C16H15N5O2/c1-21-15(23)6-14(20-16(21)18)13-5-11(8-19-13)10-2-9(7-17)3-12(22)4-10/h2-4,8,14,22H,5-6H2,1H3,(H2,18,20)/t14-/m0/s1. The van der Waals surface area contributed by atoms with Gasteiger partial charge in [0, 0.05) is 25.4 Å². The Balaban J connectivity index is 1.80. The molecule has 1 aromatic rings. The van der Waals surface area contributed by atoms with Gasteiger partial charge in [0.25, 0.3) is 0 Å². The van der Waals surface area contributed by atoms with Crippen molar-refractivity contribution in [3.05, 3.63) is 35.5 Å². The van der Waals surface area contributed by atoms with Crippen LogP contribution in [0.15, 0.2) is 34.4 Å². The lowest BCUT2D eigenvalue weighted by molar-refractivity contribution is -0.127. The molecule has 0 saturated heterocycles. The number of nitrogens with two attached hydrogens (primary N) is 1. The zero-order valence-corrected chi connectivity index (χ0v) is 12.5. The molecule has 1 aromatic carbocycles. The molecule has 2 aliphatic heterocycles. The van der Waals surface area contributed by atoms with E-state index in [9.17, 15) is 9.90 Å². The molecule has 0 unspecified atom stereocenters. The SMILES string of the molecule is CN1C(=O)C[C@@H](C2=NC=C(c3cc(O)cc(C#N)c3)C2)N=C1N. The van der Waals surface area contributed by atoms with Crippen LogP contribution in [-0.4, -0.2) is 40.7 Å². The van der Waals surface area contributed by atoms with Crippen molar-refractivity contribution in [2.75, 3.05) is 7.05 Å². The smallest absolute Gasteiger partial charge is 0.231 e. The van der Waals surface area contributed by atoms with Crippen LogP contribution in [0.2, 0.25) is 0 Å². The van der Waals surface area contributed by atoms with Crippen LogP contribution < -0.4 is 5.73 Å². The number of aromatic hydroxyl groups is 1. The van der Waals surface area contributed by atoms with E-state index >= 15 is 0 Å². The van der Waals surface area contributed by atoms with E-state index in [2.05, 4.69) is 9.98 Å². The number of nitriles is 1. The third-order valence-corrected chi connectivity index (χ3v) is 3.93. The molecule has 7 heteroatoms. The molecule has 0 bridgehead atoms. The van der Waals surface area contributed by atoms with Crippen LogP contribution in [0.5, 0.6) is 5.75 Å². The maximum absolute atomic E-state index is 11.9. The van der Waals surface area contributed by atoms with Crippen LogP contribution >= 0.6 is 0 Å². The molecule has 1 amide bonds. The lowest BCUT2D eigenvalue weighted by Gasteiger charge is -2.25. The number of phenolic OH excluding ortho intramolecular Hbond substituents is 1. The summed E-state index contributed by atoms with van der Waals surface area (Å²) in [6, 6.07) is 6.33. The first-order chi connectivity index (χ1) is 11.0. The number of allylic oxidation sites excluding steroid dienone is 1. The molecule has 0 aliphatic carbocycles. The first-order valence-corrected chi connectivity index (χ1v) is 7.08. The van der Waals surface area contributed by atoms with Crippen molar-refractivity contribution >= 4 is 23.2 Å². The van der Waals surface area contributed by atoms with Gasteiger partial charge in [0.05, 0.1) is 18.1 Å². The third-order valence-electron chi connectivity index (χ3n) is 3.93. The van der Waals surface area contributed by atoms with Crippen molar-refractivity contribution in [2.24, 2.45) is 15.7 Å². The van der Waals surface area contributed by atoms with Gasteiger partial charge in [-0.15, -0.1) is 0 Å². The van der Waals surface area contributed by atoms with Gasteiger partial charge in [-0.25, -0.2) is 4.99 Å². The number of carbonyl (C=O) groups is 1. The highest BCUT2D eigenvalue weighted by molar-refractivity contribution is 6.08. The minimum absolute atomic E-state index is 0.0325. The summed E-state index contributed by atoms with van der Waals surface area (Å²) in [5.74, 6) is 0.124. The van der Waals surface area contributed by atoms with Crippen LogP contribution in [0.3, 0.4) is 0 Å². The zero-order chi connectivity index (χ0) is 16.6. The van der Waals surface area contributed by atoms with Crippen LogP contribution in [-0.2, 0) is 4.79 Å². The van der Waals surface area contributed by atoms with Gasteiger partial charge in [0.2, 0.25) is 5.91 Å². The second kappa shape index (κ2) is 5.57. The molecule has 2 heterocycles. The number of hydrogen-bond acceptors (Lipinski definition) is 6. The normalized spacial score (nSPS) is 20.7. The van der Waals surface area contributed by atoms with E-state index in [1.807, 2.05) is 6.07 Å². The molecule has 1 atom stereocenters. The van der Waals surface area contributed by atoms with Gasteiger partial charge in [-0.1, -0.05) is 0 Å². The van der Waals surface area contributed by atoms with Crippen molar-refractivity contribution in [2.45, 2.75) is 18.9 Å². The molecule has 3 N–H and O–H groups in total. The van der Waals surface area contributed by atoms with Crippen LogP contribution in [0.4, 0.5) is 0 Å². The first kappa shape index (κ1) is 14.8. The first-order valence-electron chi connectivity index (χ1n) is 7.08. The number of nitrogens with zero attached hydrogens (tertiary/aromatic N) is 4. The summed E-state index contributed by atoms with van der Waals surface area (Å²) < 4.78 is 0. The van der Waals surface area contributed by atoms with Gasteiger partial charge < -0.3 is 10.8 Å². The van der Waals surface area contributed by atoms with Gasteiger partial charge in [0.1, 0.15) is 11.8 Å². The van der Waals surface area contributed by atoms with Gasteiger partial charge in [-0.2, -0.15) is 5.26 Å². The Hall–Kier alpha value is -3.14. The van der Waals surface area contributed by atoms with Crippen molar-refractivity contribution in [1.29, 1.82) is 5.26 Å². The zero-order valence-electron chi connectivity index (χ0n) is 12.5. The van der Waals surface area contributed by atoms with Crippen LogP contribution in [0.25, 0.3) is 5.57 Å². The Labute approximate surface area is 133 Å². The van der Waals surface area contributed by atoms with Gasteiger partial charge in [0.15, 0.2) is 5.96 Å². The van der Waals surface area contributed by atoms with E-state index in [1.54, 1.807) is 25.4 Å². The number of phenols is 1. The Morgan fingerprint density at radius 2 is 2.22 bits per heavy atom. The minimum Gasteiger partial charge on any atom is -0.508 e. The predicted octanol–water partition coefficient (Wildman–Crippen LogP) is 0.995. The minimum atomic E-state index is -0.361. The summed E-state index contributed by atoms with van der Waals surface area (Å²) in [6.45, 7) is 0. The molecule has 2 aliphatic rings. The molecule has 116 valence electrons. The van der Waals surface area contributed by atoms with E-state index in [-0.39, 0.29) is 30.1 Å². The Morgan fingerprint density at radius 1 is 1.43 bits per heavy atom. The monoisotopic (exact) mass is 309 g/mol. The summed E-state index contributed by atoms with van der Waals surface area (Å²) in [4.78, 5) is 21.9. The average molecular weight is 309 g/mol. The molecule has 3 rings (SSSR count). The molecule has 0 aromatic heterocycles. The molecular weight excluding hydrogens is 294 g/mol. The van der Waals surface area contributed by atoms with E-state index in [1.165, 1.54) is 11.0 Å². The number of benzene rings is 1. The Bertz CT molecular complexity index is 816. The molecule has 7 nitrogen and oxygen atoms in total. The molecule has 23 heavy (non-hydrogen) atoms. The van der Waals surface area contributed by atoms with Crippen molar-refractivity contribution in [3.63, 3.8) is 0 Å². The van der Waals surface area contributed by atoms with E-state index in [4.69, 9.17) is 11.0 Å². The fourth-order valence-electron chi connectivity index (χ4n) is 2.60.